The van der Waals surface area contributed by atoms with Crippen LogP contribution < -0.4 is 0 Å². The Bertz CT molecular complexity index is 918. The minimum atomic E-state index is -4.61. The van der Waals surface area contributed by atoms with E-state index in [0.29, 0.717) is 23.7 Å². The van der Waals surface area contributed by atoms with Gasteiger partial charge in [-0.05, 0) is 53.9 Å². The van der Waals surface area contributed by atoms with Gasteiger partial charge in [-0.2, -0.15) is 18.3 Å². The second-order valence-corrected chi connectivity index (χ2v) is 5.35. The molecule has 1 aromatic carbocycles. The maximum Gasteiger partial charge on any atom is 0.416 e. The van der Waals surface area contributed by atoms with E-state index in [1.165, 1.54) is 16.9 Å². The van der Waals surface area contributed by atoms with Crippen LogP contribution in [0.3, 0.4) is 0 Å². The van der Waals surface area contributed by atoms with Gasteiger partial charge in [-0.25, -0.2) is 14.1 Å². The van der Waals surface area contributed by atoms with Crippen molar-refractivity contribution >= 4 is 6.29 Å². The van der Waals surface area contributed by atoms with Crippen molar-refractivity contribution in [1.82, 2.24) is 14.8 Å². The highest BCUT2D eigenvalue weighted by molar-refractivity contribution is 5.71. The van der Waals surface area contributed by atoms with Crippen LogP contribution in [0.1, 0.15) is 27.2 Å². The topological polar surface area (TPSA) is 47.8 Å². The lowest BCUT2D eigenvalue weighted by Crippen LogP contribution is -2.07. The van der Waals surface area contributed by atoms with Gasteiger partial charge in [0.25, 0.3) is 0 Å². The number of carbonyl (C=O) groups is 1. The monoisotopic (exact) mass is 349 g/mol. The van der Waals surface area contributed by atoms with Crippen LogP contribution in [0.25, 0.3) is 5.82 Å². The van der Waals surface area contributed by atoms with Crippen LogP contribution in [-0.2, 0) is 12.6 Å². The molecular formula is C17H11F4N3O. The zero-order valence-electron chi connectivity index (χ0n) is 12.7. The average molecular weight is 349 g/mol. The van der Waals surface area contributed by atoms with E-state index in [2.05, 4.69) is 10.1 Å². The van der Waals surface area contributed by atoms with Crippen LogP contribution in [0.15, 0.2) is 48.8 Å². The number of aromatic nitrogens is 3. The predicted octanol–water partition coefficient (Wildman–Crippen LogP) is 3.83. The molecule has 0 N–H and O–H groups in total. The highest BCUT2D eigenvalue weighted by Crippen LogP contribution is 2.31. The predicted molar refractivity (Wildman–Crippen MR) is 81.0 cm³/mol. The van der Waals surface area contributed by atoms with Crippen molar-refractivity contribution in [1.29, 1.82) is 0 Å². The Balaban J connectivity index is 1.90. The number of hydrogen-bond donors (Lipinski definition) is 0. The fourth-order valence-electron chi connectivity index (χ4n) is 2.38. The third-order valence-corrected chi connectivity index (χ3v) is 3.47. The van der Waals surface area contributed by atoms with Crippen molar-refractivity contribution in [3.63, 3.8) is 0 Å². The summed E-state index contributed by atoms with van der Waals surface area (Å²) in [5.41, 5.74) is 0.0250. The van der Waals surface area contributed by atoms with Gasteiger partial charge >= 0.3 is 6.18 Å². The molecule has 8 heteroatoms. The molecule has 0 radical (unpaired) electrons. The summed E-state index contributed by atoms with van der Waals surface area (Å²) in [6.45, 7) is 0. The average Bonchev–Trinajstić information content (AvgIpc) is 3.03. The molecule has 2 aromatic heterocycles. The van der Waals surface area contributed by atoms with Gasteiger partial charge in [0.05, 0.1) is 5.56 Å². The van der Waals surface area contributed by atoms with Crippen LogP contribution in [0.5, 0.6) is 0 Å². The lowest BCUT2D eigenvalue weighted by molar-refractivity contribution is -0.137. The molecule has 4 nitrogen and oxygen atoms in total. The molecule has 0 bridgehead atoms. The lowest BCUT2D eigenvalue weighted by Gasteiger charge is -2.10. The fourth-order valence-corrected chi connectivity index (χ4v) is 2.38. The molecule has 0 spiro atoms. The molecule has 0 aliphatic carbocycles. The van der Waals surface area contributed by atoms with Gasteiger partial charge in [0, 0.05) is 12.4 Å². The van der Waals surface area contributed by atoms with E-state index in [1.807, 2.05) is 0 Å². The van der Waals surface area contributed by atoms with Gasteiger partial charge in [-0.3, -0.25) is 4.79 Å². The summed E-state index contributed by atoms with van der Waals surface area (Å²) >= 11 is 0. The molecule has 0 atom stereocenters. The lowest BCUT2D eigenvalue weighted by atomic mass is 10.0. The van der Waals surface area contributed by atoms with Crippen molar-refractivity contribution in [3.05, 3.63) is 77.0 Å². The van der Waals surface area contributed by atoms with Crippen LogP contribution >= 0.6 is 0 Å². The van der Waals surface area contributed by atoms with Gasteiger partial charge < -0.3 is 0 Å². The Hall–Kier alpha value is -3.03. The van der Waals surface area contributed by atoms with E-state index in [0.717, 1.165) is 12.1 Å². The summed E-state index contributed by atoms with van der Waals surface area (Å²) in [7, 11) is 0. The number of benzene rings is 1. The molecular weight excluding hydrogens is 338 g/mol. The van der Waals surface area contributed by atoms with Gasteiger partial charge in [-0.15, -0.1) is 0 Å². The van der Waals surface area contributed by atoms with Crippen LogP contribution in [-0.4, -0.2) is 21.1 Å². The van der Waals surface area contributed by atoms with Gasteiger partial charge in [0.2, 0.25) is 0 Å². The summed E-state index contributed by atoms with van der Waals surface area (Å²) in [5, 5.41) is 3.99. The minimum absolute atomic E-state index is 0.0954. The maximum absolute atomic E-state index is 13.5. The van der Waals surface area contributed by atoms with Crippen molar-refractivity contribution in [3.8, 4) is 5.82 Å². The van der Waals surface area contributed by atoms with E-state index in [-0.39, 0.29) is 17.7 Å². The van der Waals surface area contributed by atoms with Gasteiger partial charge in [0.15, 0.2) is 12.1 Å². The third-order valence-electron chi connectivity index (χ3n) is 3.47. The van der Waals surface area contributed by atoms with E-state index in [1.54, 1.807) is 18.3 Å². The van der Waals surface area contributed by atoms with E-state index in [4.69, 9.17) is 0 Å². The van der Waals surface area contributed by atoms with Crippen molar-refractivity contribution in [2.24, 2.45) is 0 Å². The van der Waals surface area contributed by atoms with E-state index in [9.17, 15) is 22.4 Å². The summed E-state index contributed by atoms with van der Waals surface area (Å²) in [4.78, 5) is 14.8. The number of hydrogen-bond acceptors (Lipinski definition) is 3. The standard InChI is InChI=1S/C17H11F4N3O/c18-14-7-12(6-13(9-14)17(19,20)21)5-11-1-3-22-16(8-11)24-4-2-15(10-25)23-24/h1-4,6-10H,5H2. The molecule has 0 fully saturated rings. The van der Waals surface area contributed by atoms with Gasteiger partial charge in [-0.1, -0.05) is 0 Å². The largest absolute Gasteiger partial charge is 0.416 e. The number of rotatable bonds is 4. The molecule has 0 aliphatic rings. The fraction of sp³-hybridized carbons (Fsp3) is 0.118. The molecule has 0 amide bonds. The molecule has 128 valence electrons. The number of alkyl halides is 3. The maximum atomic E-state index is 13.5. The molecule has 0 saturated carbocycles. The van der Waals surface area contributed by atoms with Gasteiger partial charge in [0.1, 0.15) is 11.5 Å². The SMILES string of the molecule is O=Cc1ccn(-c2cc(Cc3cc(F)cc(C(F)(F)F)c3)ccn2)n1. The number of pyridine rings is 1. The number of carbonyl (C=O) groups excluding carboxylic acids is 1. The zero-order valence-corrected chi connectivity index (χ0v) is 12.7. The van der Waals surface area contributed by atoms with Crippen LogP contribution in [0, 0.1) is 5.82 Å². The first-order valence-corrected chi connectivity index (χ1v) is 7.18. The number of aldehydes is 1. The first kappa shape index (κ1) is 16.8. The highest BCUT2D eigenvalue weighted by Gasteiger charge is 2.31. The molecule has 2 heterocycles. The van der Waals surface area contributed by atoms with Crippen molar-refractivity contribution in [2.75, 3.05) is 0 Å². The Labute approximate surface area is 139 Å². The molecule has 0 unspecified atom stereocenters. The second-order valence-electron chi connectivity index (χ2n) is 5.35. The first-order chi connectivity index (χ1) is 11.8. The van der Waals surface area contributed by atoms with E-state index >= 15 is 0 Å². The minimum Gasteiger partial charge on any atom is -0.296 e. The van der Waals surface area contributed by atoms with Crippen molar-refractivity contribution in [2.45, 2.75) is 12.6 Å². The molecule has 3 aromatic rings. The summed E-state index contributed by atoms with van der Waals surface area (Å²) in [6.07, 6.45) is -0.916. The third kappa shape index (κ3) is 3.90. The molecule has 25 heavy (non-hydrogen) atoms. The molecule has 3 rings (SSSR count). The second kappa shape index (κ2) is 6.46. The quantitative estimate of drug-likeness (QED) is 0.531. The van der Waals surface area contributed by atoms with Crippen LogP contribution in [0.2, 0.25) is 0 Å². The normalized spacial score (nSPS) is 11.5. The molecule has 0 saturated heterocycles. The Kier molecular flexibility index (Phi) is 4.35. The Morgan fingerprint density at radius 3 is 2.56 bits per heavy atom. The number of halogens is 4. The summed E-state index contributed by atoms with van der Waals surface area (Å²) in [6, 6.07) is 7.18. The highest BCUT2D eigenvalue weighted by atomic mass is 19.4. The summed E-state index contributed by atoms with van der Waals surface area (Å²) in [5.74, 6) is -0.542. The first-order valence-electron chi connectivity index (χ1n) is 7.18. The van der Waals surface area contributed by atoms with Crippen molar-refractivity contribution < 1.29 is 22.4 Å². The number of nitrogens with zero attached hydrogens (tertiary/aromatic N) is 3. The zero-order chi connectivity index (χ0) is 18.0. The smallest absolute Gasteiger partial charge is 0.296 e. The molecule has 0 aliphatic heterocycles. The Morgan fingerprint density at radius 1 is 1.08 bits per heavy atom. The van der Waals surface area contributed by atoms with E-state index < -0.39 is 17.6 Å². The van der Waals surface area contributed by atoms with Crippen LogP contribution in [0.4, 0.5) is 17.6 Å². The summed E-state index contributed by atoms with van der Waals surface area (Å²) < 4.78 is 53.2. The Morgan fingerprint density at radius 2 is 1.88 bits per heavy atom.